The number of pyridine rings is 1. The van der Waals surface area contributed by atoms with Gasteiger partial charge in [-0.05, 0) is 61.9 Å². The van der Waals surface area contributed by atoms with Crippen molar-refractivity contribution in [2.45, 2.75) is 20.4 Å². The lowest BCUT2D eigenvalue weighted by molar-refractivity contribution is 0.0951. The Labute approximate surface area is 172 Å². The highest BCUT2D eigenvalue weighted by molar-refractivity contribution is 5.97. The standard InChI is InChI=1S/C23H19FN4O2/c1-14-15(2)28-21-11-17(6-7-20(21)27-14)23(29)26-12-16-5-8-22(19(24)10-16)30-18-4-3-9-25-13-18/h3-11,13H,12H2,1-2H3,(H,26,29). The van der Waals surface area contributed by atoms with Crippen molar-refractivity contribution in [3.8, 4) is 11.5 Å². The van der Waals surface area contributed by atoms with Crippen molar-refractivity contribution in [1.82, 2.24) is 20.3 Å². The van der Waals surface area contributed by atoms with Gasteiger partial charge in [-0.1, -0.05) is 6.07 Å². The molecule has 1 amide bonds. The molecule has 4 rings (SSSR count). The quantitative estimate of drug-likeness (QED) is 0.532. The van der Waals surface area contributed by atoms with Crippen LogP contribution in [0.2, 0.25) is 0 Å². The van der Waals surface area contributed by atoms with Crippen LogP contribution >= 0.6 is 0 Å². The summed E-state index contributed by atoms with van der Waals surface area (Å²) in [6, 6.07) is 13.1. The third-order valence-corrected chi connectivity index (χ3v) is 4.65. The number of amides is 1. The summed E-state index contributed by atoms with van der Waals surface area (Å²) in [4.78, 5) is 25.4. The van der Waals surface area contributed by atoms with Gasteiger partial charge in [-0.3, -0.25) is 9.78 Å². The van der Waals surface area contributed by atoms with Crippen LogP contribution in [-0.4, -0.2) is 20.9 Å². The van der Waals surface area contributed by atoms with Gasteiger partial charge < -0.3 is 10.1 Å². The van der Waals surface area contributed by atoms with Gasteiger partial charge in [0, 0.05) is 18.3 Å². The van der Waals surface area contributed by atoms with E-state index in [-0.39, 0.29) is 18.2 Å². The van der Waals surface area contributed by atoms with Gasteiger partial charge in [0.15, 0.2) is 11.6 Å². The van der Waals surface area contributed by atoms with E-state index in [9.17, 15) is 9.18 Å². The third-order valence-electron chi connectivity index (χ3n) is 4.65. The van der Waals surface area contributed by atoms with Crippen molar-refractivity contribution in [2.75, 3.05) is 0 Å². The van der Waals surface area contributed by atoms with Gasteiger partial charge in [0.1, 0.15) is 5.75 Å². The van der Waals surface area contributed by atoms with Gasteiger partial charge in [0.2, 0.25) is 0 Å². The average Bonchev–Trinajstić information content (AvgIpc) is 2.75. The molecule has 0 radical (unpaired) electrons. The van der Waals surface area contributed by atoms with Crippen LogP contribution in [-0.2, 0) is 6.54 Å². The van der Waals surface area contributed by atoms with Crippen molar-refractivity contribution >= 4 is 16.9 Å². The number of benzene rings is 2. The predicted octanol–water partition coefficient (Wildman–Crippen LogP) is 4.50. The molecule has 0 spiro atoms. The number of halogens is 1. The molecule has 2 heterocycles. The van der Waals surface area contributed by atoms with E-state index in [1.54, 1.807) is 42.6 Å². The number of hydrogen-bond acceptors (Lipinski definition) is 5. The lowest BCUT2D eigenvalue weighted by Gasteiger charge is -2.10. The van der Waals surface area contributed by atoms with Crippen LogP contribution in [0.4, 0.5) is 4.39 Å². The molecule has 0 saturated heterocycles. The number of nitrogens with zero attached hydrogens (tertiary/aromatic N) is 3. The highest BCUT2D eigenvalue weighted by Gasteiger charge is 2.11. The van der Waals surface area contributed by atoms with Gasteiger partial charge >= 0.3 is 0 Å². The molecule has 0 atom stereocenters. The summed E-state index contributed by atoms with van der Waals surface area (Å²) in [6.07, 6.45) is 3.11. The van der Waals surface area contributed by atoms with Crippen LogP contribution in [0.1, 0.15) is 27.3 Å². The Morgan fingerprint density at radius 2 is 1.83 bits per heavy atom. The second kappa shape index (κ2) is 8.24. The minimum Gasteiger partial charge on any atom is -0.453 e. The molecule has 2 aromatic carbocycles. The number of hydrogen-bond donors (Lipinski definition) is 1. The Morgan fingerprint density at radius 3 is 2.57 bits per heavy atom. The number of rotatable bonds is 5. The largest absolute Gasteiger partial charge is 0.453 e. The number of carbonyl (C=O) groups excluding carboxylic acids is 1. The molecule has 0 unspecified atom stereocenters. The first kappa shape index (κ1) is 19.4. The lowest BCUT2D eigenvalue weighted by Crippen LogP contribution is -2.22. The smallest absolute Gasteiger partial charge is 0.251 e. The molecule has 2 aromatic heterocycles. The van der Waals surface area contributed by atoms with Crippen molar-refractivity contribution in [3.63, 3.8) is 0 Å². The fourth-order valence-electron chi connectivity index (χ4n) is 2.93. The predicted molar refractivity (Wildman–Crippen MR) is 111 cm³/mol. The number of fused-ring (bicyclic) bond motifs is 1. The van der Waals surface area contributed by atoms with Crippen molar-refractivity contribution in [3.05, 3.63) is 89.3 Å². The zero-order valence-corrected chi connectivity index (χ0v) is 16.5. The molecule has 1 N–H and O–H groups in total. The van der Waals surface area contributed by atoms with Crippen molar-refractivity contribution < 1.29 is 13.9 Å². The van der Waals surface area contributed by atoms with Crippen LogP contribution in [0, 0.1) is 19.7 Å². The van der Waals surface area contributed by atoms with E-state index in [0.717, 1.165) is 16.9 Å². The zero-order valence-electron chi connectivity index (χ0n) is 16.5. The molecule has 0 aliphatic rings. The van der Waals surface area contributed by atoms with Gasteiger partial charge in [-0.2, -0.15) is 0 Å². The summed E-state index contributed by atoms with van der Waals surface area (Å²) < 4.78 is 19.8. The molecular formula is C23H19FN4O2. The summed E-state index contributed by atoms with van der Waals surface area (Å²) in [5.74, 6) is -0.246. The fourth-order valence-corrected chi connectivity index (χ4v) is 2.93. The summed E-state index contributed by atoms with van der Waals surface area (Å²) in [6.45, 7) is 3.96. The average molecular weight is 402 g/mol. The minimum atomic E-state index is -0.516. The highest BCUT2D eigenvalue weighted by atomic mass is 19.1. The molecule has 150 valence electrons. The first-order valence-electron chi connectivity index (χ1n) is 9.39. The minimum absolute atomic E-state index is 0.0943. The molecule has 0 saturated carbocycles. The number of aryl methyl sites for hydroxylation is 2. The Morgan fingerprint density at radius 1 is 1.03 bits per heavy atom. The fraction of sp³-hybridized carbons (Fsp3) is 0.130. The van der Waals surface area contributed by atoms with Crippen LogP contribution in [0.25, 0.3) is 11.0 Å². The second-order valence-corrected chi connectivity index (χ2v) is 6.84. The summed E-state index contributed by atoms with van der Waals surface area (Å²) in [5, 5.41) is 2.80. The summed E-state index contributed by atoms with van der Waals surface area (Å²) in [5.41, 5.74) is 4.17. The number of nitrogens with one attached hydrogen (secondary N) is 1. The van der Waals surface area contributed by atoms with E-state index in [0.29, 0.717) is 22.4 Å². The number of aromatic nitrogens is 3. The maximum Gasteiger partial charge on any atom is 0.251 e. The van der Waals surface area contributed by atoms with Gasteiger partial charge in [-0.25, -0.2) is 14.4 Å². The lowest BCUT2D eigenvalue weighted by atomic mass is 10.1. The van der Waals surface area contributed by atoms with Crippen molar-refractivity contribution in [2.24, 2.45) is 0 Å². The summed E-state index contributed by atoms with van der Waals surface area (Å²) >= 11 is 0. The van der Waals surface area contributed by atoms with Crippen molar-refractivity contribution in [1.29, 1.82) is 0 Å². The summed E-state index contributed by atoms with van der Waals surface area (Å²) in [7, 11) is 0. The van der Waals surface area contributed by atoms with Crippen LogP contribution < -0.4 is 10.1 Å². The molecule has 0 aliphatic heterocycles. The topological polar surface area (TPSA) is 77.0 Å². The Hall–Kier alpha value is -3.87. The maximum atomic E-state index is 14.4. The molecule has 0 fully saturated rings. The molecule has 30 heavy (non-hydrogen) atoms. The number of ether oxygens (including phenoxy) is 1. The Balaban J connectivity index is 1.44. The van der Waals surface area contributed by atoms with E-state index >= 15 is 0 Å². The molecular weight excluding hydrogens is 383 g/mol. The SMILES string of the molecule is Cc1nc2ccc(C(=O)NCc3ccc(Oc4cccnc4)c(F)c3)cc2nc1C. The van der Waals surface area contributed by atoms with E-state index < -0.39 is 5.82 Å². The molecule has 7 heteroatoms. The molecule has 0 bridgehead atoms. The van der Waals surface area contributed by atoms with E-state index in [1.807, 2.05) is 13.8 Å². The van der Waals surface area contributed by atoms with Crippen LogP contribution in [0.3, 0.4) is 0 Å². The Kier molecular flexibility index (Phi) is 5.34. The first-order chi connectivity index (χ1) is 14.5. The monoisotopic (exact) mass is 402 g/mol. The normalized spacial score (nSPS) is 10.8. The third kappa shape index (κ3) is 4.25. The zero-order chi connectivity index (χ0) is 21.1. The van der Waals surface area contributed by atoms with Gasteiger partial charge in [0.25, 0.3) is 5.91 Å². The Bertz CT molecular complexity index is 1230. The van der Waals surface area contributed by atoms with Gasteiger partial charge in [0.05, 0.1) is 28.6 Å². The molecule has 4 aromatic rings. The maximum absolute atomic E-state index is 14.4. The molecule has 6 nitrogen and oxygen atoms in total. The van der Waals surface area contributed by atoms with Gasteiger partial charge in [-0.15, -0.1) is 0 Å². The highest BCUT2D eigenvalue weighted by Crippen LogP contribution is 2.24. The van der Waals surface area contributed by atoms with Crippen LogP contribution in [0.5, 0.6) is 11.5 Å². The van der Waals surface area contributed by atoms with E-state index in [2.05, 4.69) is 20.3 Å². The number of carbonyl (C=O) groups is 1. The van der Waals surface area contributed by atoms with E-state index in [4.69, 9.17) is 4.74 Å². The first-order valence-corrected chi connectivity index (χ1v) is 9.39. The van der Waals surface area contributed by atoms with Crippen LogP contribution in [0.15, 0.2) is 60.9 Å². The van der Waals surface area contributed by atoms with E-state index in [1.165, 1.54) is 18.3 Å². The molecule has 0 aliphatic carbocycles. The second-order valence-electron chi connectivity index (χ2n) is 6.84.